The third-order valence-electron chi connectivity index (χ3n) is 4.69. The third kappa shape index (κ3) is 5.28. The van der Waals surface area contributed by atoms with Gasteiger partial charge in [-0.3, -0.25) is 15.0 Å². The monoisotopic (exact) mass is 474 g/mol. The van der Waals surface area contributed by atoms with Crippen LogP contribution in [0.4, 0.5) is 0 Å². The third-order valence-corrected chi connectivity index (χ3v) is 7.61. The summed E-state index contributed by atoms with van der Waals surface area (Å²) in [5.74, 6) is -1.19. The highest BCUT2D eigenvalue weighted by Gasteiger charge is 2.49. The van der Waals surface area contributed by atoms with Crippen molar-refractivity contribution in [3.63, 3.8) is 0 Å². The maximum atomic E-state index is 13.1. The summed E-state index contributed by atoms with van der Waals surface area (Å²) in [6.07, 6.45) is 3.08. The van der Waals surface area contributed by atoms with Crippen molar-refractivity contribution in [1.29, 1.82) is 0 Å². The van der Waals surface area contributed by atoms with E-state index in [0.29, 0.717) is 17.2 Å². The number of amides is 1. The second kappa shape index (κ2) is 10.1. The quantitative estimate of drug-likeness (QED) is 0.319. The molecule has 3 rings (SSSR count). The van der Waals surface area contributed by atoms with Crippen molar-refractivity contribution >= 4 is 27.5 Å². The fourth-order valence-corrected chi connectivity index (χ4v) is 5.82. The molecule has 10 heteroatoms. The number of thioether (sulfide) groups is 1. The van der Waals surface area contributed by atoms with Crippen LogP contribution in [-0.2, 0) is 14.6 Å². The van der Waals surface area contributed by atoms with Crippen LogP contribution in [0.1, 0.15) is 10.9 Å². The largest absolute Gasteiger partial charge is 0.457 e. The molecule has 0 aliphatic rings. The predicted molar refractivity (Wildman–Crippen MR) is 120 cm³/mol. The Hall–Kier alpha value is -2.92. The lowest BCUT2D eigenvalue weighted by Crippen LogP contribution is -2.54. The Morgan fingerprint density at radius 2 is 1.69 bits per heavy atom. The lowest BCUT2D eigenvalue weighted by atomic mass is 9.98. The smallest absolute Gasteiger partial charge is 0.277 e. The van der Waals surface area contributed by atoms with Crippen LogP contribution in [0.3, 0.4) is 0 Å². The molecule has 1 amide bonds. The first-order chi connectivity index (χ1) is 15.3. The summed E-state index contributed by atoms with van der Waals surface area (Å²) in [6.45, 7) is 0. The molecule has 32 heavy (non-hydrogen) atoms. The van der Waals surface area contributed by atoms with Crippen LogP contribution in [0, 0.1) is 0 Å². The van der Waals surface area contributed by atoms with Crippen LogP contribution >= 0.6 is 11.8 Å². The first-order valence-electron chi connectivity index (χ1n) is 9.46. The molecular formula is C22H22N2O6S2. The van der Waals surface area contributed by atoms with Gasteiger partial charge in [0.1, 0.15) is 11.5 Å². The van der Waals surface area contributed by atoms with Gasteiger partial charge in [0.05, 0.1) is 21.6 Å². The van der Waals surface area contributed by atoms with E-state index in [2.05, 4.69) is 4.98 Å². The van der Waals surface area contributed by atoms with E-state index >= 15 is 0 Å². The number of pyridine rings is 1. The number of para-hydroxylation sites is 1. The van der Waals surface area contributed by atoms with Crippen molar-refractivity contribution in [3.05, 3.63) is 84.7 Å². The topological polar surface area (TPSA) is 126 Å². The number of nitrogens with zero attached hydrogens (tertiary/aromatic N) is 1. The first-order valence-corrected chi connectivity index (χ1v) is 12.4. The number of aromatic nitrogens is 1. The molecule has 3 N–H and O–H groups in total. The van der Waals surface area contributed by atoms with Crippen molar-refractivity contribution in [2.24, 2.45) is 0 Å². The zero-order valence-corrected chi connectivity index (χ0v) is 18.7. The molecule has 2 atom stereocenters. The van der Waals surface area contributed by atoms with Crippen molar-refractivity contribution in [2.45, 2.75) is 15.7 Å². The highest BCUT2D eigenvalue weighted by atomic mass is 32.2. The lowest BCUT2D eigenvalue weighted by Gasteiger charge is -2.32. The van der Waals surface area contributed by atoms with E-state index in [1.54, 1.807) is 36.6 Å². The Labute approximate surface area is 190 Å². The van der Waals surface area contributed by atoms with Crippen LogP contribution in [-0.4, -0.2) is 47.2 Å². The fourth-order valence-electron chi connectivity index (χ4n) is 3.16. The number of ether oxygens (including phenoxy) is 1. The number of carbonyl (C=O) groups is 1. The van der Waals surface area contributed by atoms with Gasteiger partial charge in [0, 0.05) is 6.20 Å². The predicted octanol–water partition coefficient (Wildman–Crippen LogP) is 2.99. The number of aliphatic hydroxyl groups is 1. The number of rotatable bonds is 9. The molecule has 0 saturated heterocycles. The molecule has 0 spiro atoms. The minimum absolute atomic E-state index is 0.108. The van der Waals surface area contributed by atoms with Crippen LogP contribution in [0.15, 0.2) is 83.9 Å². The van der Waals surface area contributed by atoms with Gasteiger partial charge in [-0.05, 0) is 54.8 Å². The zero-order valence-electron chi connectivity index (χ0n) is 17.1. The van der Waals surface area contributed by atoms with Gasteiger partial charge >= 0.3 is 0 Å². The normalized spacial score (nSPS) is 14.2. The summed E-state index contributed by atoms with van der Waals surface area (Å²) in [5, 5.41) is 19.4. The Morgan fingerprint density at radius 3 is 2.25 bits per heavy atom. The van der Waals surface area contributed by atoms with Crippen molar-refractivity contribution in [1.82, 2.24) is 10.5 Å². The van der Waals surface area contributed by atoms with Crippen LogP contribution in [0.5, 0.6) is 11.5 Å². The average Bonchev–Trinajstić information content (AvgIpc) is 2.80. The number of nitrogens with one attached hydrogen (secondary N) is 1. The molecule has 168 valence electrons. The molecule has 3 aromatic rings. The van der Waals surface area contributed by atoms with E-state index in [0.717, 1.165) is 11.8 Å². The molecule has 0 aliphatic heterocycles. The SMILES string of the molecule is CSC(c1ccccn1)C(O)(CS(=O)(=O)c1ccc(Oc2ccccc2)cc1)C(=O)NO. The van der Waals surface area contributed by atoms with Gasteiger partial charge in [0.25, 0.3) is 5.91 Å². The minimum atomic E-state index is -4.14. The van der Waals surface area contributed by atoms with Gasteiger partial charge < -0.3 is 9.84 Å². The highest BCUT2D eigenvalue weighted by Crippen LogP contribution is 2.38. The van der Waals surface area contributed by atoms with Crippen molar-refractivity contribution in [3.8, 4) is 11.5 Å². The molecule has 0 aliphatic carbocycles. The van der Waals surface area contributed by atoms with E-state index in [1.807, 2.05) is 18.2 Å². The molecule has 2 aromatic carbocycles. The average molecular weight is 475 g/mol. The first kappa shape index (κ1) is 23.7. The number of hydrogen-bond acceptors (Lipinski definition) is 8. The van der Waals surface area contributed by atoms with Crippen LogP contribution in [0.2, 0.25) is 0 Å². The summed E-state index contributed by atoms with van der Waals surface area (Å²) < 4.78 is 31.9. The maximum Gasteiger partial charge on any atom is 0.277 e. The van der Waals surface area contributed by atoms with E-state index in [4.69, 9.17) is 4.74 Å². The molecular weight excluding hydrogens is 452 g/mol. The molecule has 1 heterocycles. The van der Waals surface area contributed by atoms with Gasteiger partial charge in [-0.2, -0.15) is 11.8 Å². The number of hydroxylamine groups is 1. The second-order valence-electron chi connectivity index (χ2n) is 6.88. The Bertz CT molecular complexity index is 1140. The van der Waals surface area contributed by atoms with Crippen LogP contribution < -0.4 is 10.2 Å². The van der Waals surface area contributed by atoms with Gasteiger partial charge in [-0.15, -0.1) is 0 Å². The summed E-state index contributed by atoms with van der Waals surface area (Å²) in [5.41, 5.74) is -0.800. The lowest BCUT2D eigenvalue weighted by molar-refractivity contribution is -0.146. The number of benzene rings is 2. The van der Waals surface area contributed by atoms with E-state index in [1.165, 1.54) is 35.9 Å². The molecule has 8 nitrogen and oxygen atoms in total. The number of sulfone groups is 1. The van der Waals surface area contributed by atoms with Gasteiger partial charge in [-0.1, -0.05) is 24.3 Å². The molecule has 1 aromatic heterocycles. The highest BCUT2D eigenvalue weighted by molar-refractivity contribution is 7.99. The van der Waals surface area contributed by atoms with E-state index in [9.17, 15) is 23.5 Å². The van der Waals surface area contributed by atoms with Gasteiger partial charge in [-0.25, -0.2) is 13.9 Å². The van der Waals surface area contributed by atoms with Gasteiger partial charge in [0.15, 0.2) is 15.4 Å². The minimum Gasteiger partial charge on any atom is -0.457 e. The number of hydrogen-bond donors (Lipinski definition) is 3. The van der Waals surface area contributed by atoms with Crippen LogP contribution in [0.25, 0.3) is 0 Å². The zero-order chi connectivity index (χ0) is 23.2. The number of carbonyl (C=O) groups excluding carboxylic acids is 1. The molecule has 0 saturated carbocycles. The molecule has 0 fully saturated rings. The standard InChI is InChI=1S/C22H22N2O6S2/c1-31-20(19-9-5-6-14-23-19)22(26,21(25)24-27)15-32(28,29)18-12-10-17(11-13-18)30-16-7-3-2-4-8-16/h2-14,20,26-27H,15H2,1H3,(H,24,25). The van der Waals surface area contributed by atoms with E-state index in [-0.39, 0.29) is 4.90 Å². The molecule has 2 unspecified atom stereocenters. The maximum absolute atomic E-state index is 13.1. The Balaban J connectivity index is 1.89. The van der Waals surface area contributed by atoms with Crippen molar-refractivity contribution in [2.75, 3.05) is 12.0 Å². The summed E-state index contributed by atoms with van der Waals surface area (Å²) in [6, 6.07) is 19.5. The van der Waals surface area contributed by atoms with Crippen molar-refractivity contribution < 1.29 is 28.3 Å². The van der Waals surface area contributed by atoms with Gasteiger partial charge in [0.2, 0.25) is 0 Å². The summed E-state index contributed by atoms with van der Waals surface area (Å²) >= 11 is 1.04. The second-order valence-corrected chi connectivity index (χ2v) is 9.81. The molecule has 0 bridgehead atoms. The Morgan fingerprint density at radius 1 is 1.06 bits per heavy atom. The van der Waals surface area contributed by atoms with E-state index < -0.39 is 32.3 Å². The summed E-state index contributed by atoms with van der Waals surface area (Å²) in [4.78, 5) is 16.5. The molecule has 0 radical (unpaired) electrons. The Kier molecular flexibility index (Phi) is 7.52. The fraction of sp³-hybridized carbons (Fsp3) is 0.182. The summed E-state index contributed by atoms with van der Waals surface area (Å²) in [7, 11) is -4.14.